The van der Waals surface area contributed by atoms with Crippen LogP contribution in [0.25, 0.3) is 0 Å². The van der Waals surface area contributed by atoms with Crippen LogP contribution in [-0.2, 0) is 27.3 Å². The van der Waals surface area contributed by atoms with E-state index in [0.29, 0.717) is 39.2 Å². The number of unbranched alkanes of at least 4 members (excludes halogenated alkanes) is 1. The molecule has 5 rings (SSSR count). The Hall–Kier alpha value is -3.96. The maximum Gasteiger partial charge on any atom is 0.326 e. The van der Waals surface area contributed by atoms with E-state index in [1.165, 1.54) is 7.05 Å². The number of carboxylic acid groups (broad SMARTS) is 1. The van der Waals surface area contributed by atoms with Crippen molar-refractivity contribution in [2.45, 2.75) is 57.5 Å². The molecule has 2 saturated heterocycles. The van der Waals surface area contributed by atoms with Crippen molar-refractivity contribution in [2.24, 2.45) is 5.92 Å². The number of benzene rings is 2. The first-order valence-electron chi connectivity index (χ1n) is 16.8. The van der Waals surface area contributed by atoms with Gasteiger partial charge in [0, 0.05) is 69.3 Å². The molecule has 0 radical (unpaired) electrons. The zero-order chi connectivity index (χ0) is 33.9. The molecule has 1 N–H and O–H groups in total. The summed E-state index contributed by atoms with van der Waals surface area (Å²) in [5.74, 6) is -1.49. The van der Waals surface area contributed by atoms with Crippen LogP contribution in [0.1, 0.15) is 55.2 Å². The molecule has 0 aromatic heterocycles. The van der Waals surface area contributed by atoms with Gasteiger partial charge in [0.15, 0.2) is 0 Å². The molecule has 3 aliphatic rings. The highest BCUT2D eigenvalue weighted by Gasteiger charge is 2.47. The number of anilines is 1. The summed E-state index contributed by atoms with van der Waals surface area (Å²) in [6, 6.07) is 13.2. The van der Waals surface area contributed by atoms with Crippen LogP contribution >= 0.6 is 0 Å². The van der Waals surface area contributed by atoms with Crippen LogP contribution in [0.4, 0.5) is 10.5 Å². The van der Waals surface area contributed by atoms with Gasteiger partial charge in [-0.2, -0.15) is 0 Å². The van der Waals surface area contributed by atoms with E-state index < -0.39 is 17.9 Å². The minimum Gasteiger partial charge on any atom is -0.493 e. The van der Waals surface area contributed by atoms with Crippen LogP contribution in [0.15, 0.2) is 42.5 Å². The molecule has 0 spiro atoms. The number of imide groups is 1. The first-order chi connectivity index (χ1) is 22.4. The summed E-state index contributed by atoms with van der Waals surface area (Å²) >= 11 is 0. The Balaban J connectivity index is 1.43. The second-order valence-electron chi connectivity index (χ2n) is 14.2. The Kier molecular flexibility index (Phi) is 10.6. The Labute approximate surface area is 278 Å². The molecule has 3 aliphatic heterocycles. The maximum absolute atomic E-state index is 14.3. The molecule has 11 heteroatoms. The Bertz CT molecular complexity index is 1490. The fourth-order valence-electron chi connectivity index (χ4n) is 7.28. The van der Waals surface area contributed by atoms with Crippen LogP contribution < -0.4 is 9.64 Å². The number of aliphatic carboxylic acids is 1. The van der Waals surface area contributed by atoms with Gasteiger partial charge in [0.05, 0.1) is 40.2 Å². The second kappa shape index (κ2) is 14.4. The Morgan fingerprint density at radius 2 is 1.87 bits per heavy atom. The molecular formula is C36H50N5O6+. The lowest BCUT2D eigenvalue weighted by atomic mass is 9.83. The van der Waals surface area contributed by atoms with Crippen molar-refractivity contribution in [3.05, 3.63) is 59.2 Å². The number of urea groups is 1. The number of likely N-dealkylation sites (tertiary alicyclic amines) is 1. The van der Waals surface area contributed by atoms with E-state index in [1.54, 1.807) is 4.90 Å². The number of hydrogen-bond acceptors (Lipinski definition) is 6. The number of nitrogens with zero attached hydrogens (tertiary/aromatic N) is 5. The number of carboxylic acids is 1. The minimum atomic E-state index is -0.917. The van der Waals surface area contributed by atoms with Crippen LogP contribution in [0.3, 0.4) is 0 Å². The zero-order valence-electron chi connectivity index (χ0n) is 28.5. The van der Waals surface area contributed by atoms with Crippen molar-refractivity contribution in [1.82, 2.24) is 14.7 Å². The molecule has 0 saturated carbocycles. The van der Waals surface area contributed by atoms with E-state index in [0.717, 1.165) is 63.3 Å². The monoisotopic (exact) mass is 648 g/mol. The fourth-order valence-corrected chi connectivity index (χ4v) is 7.28. The Morgan fingerprint density at radius 1 is 1.09 bits per heavy atom. The average molecular weight is 649 g/mol. The van der Waals surface area contributed by atoms with Crippen LogP contribution in [0.2, 0.25) is 0 Å². The summed E-state index contributed by atoms with van der Waals surface area (Å²) in [6.45, 7) is 5.17. The maximum atomic E-state index is 14.3. The van der Waals surface area contributed by atoms with Gasteiger partial charge in [-0.1, -0.05) is 37.6 Å². The first kappa shape index (κ1) is 34.4. The van der Waals surface area contributed by atoms with E-state index in [1.807, 2.05) is 34.1 Å². The van der Waals surface area contributed by atoms with Gasteiger partial charge in [0.25, 0.3) is 0 Å². The topological polar surface area (TPSA) is 111 Å². The summed E-state index contributed by atoms with van der Waals surface area (Å²) in [6.07, 6.45) is 3.16. The number of ether oxygens (including phenoxy) is 1. The molecular weight excluding hydrogens is 598 g/mol. The SMILES string of the molecule is CCCCN(C(=O)CN1C[C@H](c2ccc3c(c2)CCO3)C(C(=O)O)[C@@H]1CCN1CCC(=O)N(C)C1=O)c1cccc(C[N+](C)(C)C)c1. The molecule has 3 heterocycles. The highest BCUT2D eigenvalue weighted by atomic mass is 16.5. The third-order valence-electron chi connectivity index (χ3n) is 9.65. The van der Waals surface area contributed by atoms with Gasteiger partial charge >= 0.3 is 12.0 Å². The van der Waals surface area contributed by atoms with Gasteiger partial charge in [-0.3, -0.25) is 24.2 Å². The van der Waals surface area contributed by atoms with Gasteiger partial charge in [-0.25, -0.2) is 4.79 Å². The van der Waals surface area contributed by atoms with Crippen LogP contribution in [0.5, 0.6) is 5.75 Å². The molecule has 2 aromatic carbocycles. The highest BCUT2D eigenvalue weighted by Crippen LogP contribution is 2.41. The van der Waals surface area contributed by atoms with E-state index in [9.17, 15) is 24.3 Å². The quantitative estimate of drug-likeness (QED) is 0.329. The lowest BCUT2D eigenvalue weighted by Crippen LogP contribution is -2.52. The predicted molar refractivity (Wildman–Crippen MR) is 179 cm³/mol. The third kappa shape index (κ3) is 7.96. The normalized spacial score (nSPS) is 21.6. The average Bonchev–Trinajstić information content (AvgIpc) is 3.63. The molecule has 0 aliphatic carbocycles. The fraction of sp³-hybridized carbons (Fsp3) is 0.556. The van der Waals surface area contributed by atoms with Gasteiger partial charge in [0.1, 0.15) is 12.3 Å². The van der Waals surface area contributed by atoms with Gasteiger partial charge in [-0.05, 0) is 42.2 Å². The molecule has 254 valence electrons. The molecule has 4 amide bonds. The lowest BCUT2D eigenvalue weighted by Gasteiger charge is -2.34. The smallest absolute Gasteiger partial charge is 0.326 e. The predicted octanol–water partition coefficient (Wildman–Crippen LogP) is 3.80. The standard InChI is InChI=1S/C36H49N5O6/c1-6-7-16-40(28-10-8-9-25(20-28)24-41(3,4)5)33(43)23-39-22-29(26-11-12-31-27(21-26)15-19-47-31)34(35(44)45)30(39)13-17-38-18-14-32(42)37(2)36(38)46/h8-12,20-21,29-30,34H,6-7,13-19,22-24H2,1-5H3/p+1/t29-,30+,34?/m1/s1. The molecule has 3 atom stereocenters. The summed E-state index contributed by atoms with van der Waals surface area (Å²) in [5, 5.41) is 10.7. The minimum absolute atomic E-state index is 0.0641. The number of rotatable bonds is 13. The highest BCUT2D eigenvalue weighted by molar-refractivity contribution is 5.96. The van der Waals surface area contributed by atoms with Crippen molar-refractivity contribution in [2.75, 3.05) is 72.4 Å². The van der Waals surface area contributed by atoms with Gasteiger partial charge < -0.3 is 24.1 Å². The summed E-state index contributed by atoms with van der Waals surface area (Å²) in [4.78, 5) is 58.9. The number of amides is 4. The number of carbonyl (C=O) groups is 4. The largest absolute Gasteiger partial charge is 0.493 e. The van der Waals surface area contributed by atoms with Gasteiger partial charge in [-0.15, -0.1) is 0 Å². The summed E-state index contributed by atoms with van der Waals surface area (Å²) in [5.41, 5.74) is 3.99. The van der Waals surface area contributed by atoms with Crippen molar-refractivity contribution in [1.29, 1.82) is 0 Å². The van der Waals surface area contributed by atoms with Crippen molar-refractivity contribution in [3.63, 3.8) is 0 Å². The van der Waals surface area contributed by atoms with Crippen LogP contribution in [0, 0.1) is 5.92 Å². The summed E-state index contributed by atoms with van der Waals surface area (Å²) < 4.78 is 6.47. The number of hydrogen-bond donors (Lipinski definition) is 1. The Morgan fingerprint density at radius 3 is 2.60 bits per heavy atom. The van der Waals surface area contributed by atoms with E-state index in [4.69, 9.17) is 4.74 Å². The van der Waals surface area contributed by atoms with Crippen molar-refractivity contribution < 1.29 is 33.5 Å². The number of quaternary nitrogens is 1. The van der Waals surface area contributed by atoms with Gasteiger partial charge in [0.2, 0.25) is 11.8 Å². The lowest BCUT2D eigenvalue weighted by molar-refractivity contribution is -0.884. The van der Waals surface area contributed by atoms with E-state index >= 15 is 0 Å². The molecule has 0 bridgehead atoms. The van der Waals surface area contributed by atoms with Crippen molar-refractivity contribution >= 4 is 29.5 Å². The number of fused-ring (bicyclic) bond motifs is 1. The molecule has 1 unspecified atom stereocenters. The zero-order valence-corrected chi connectivity index (χ0v) is 28.5. The molecule has 11 nitrogen and oxygen atoms in total. The molecule has 47 heavy (non-hydrogen) atoms. The first-order valence-corrected chi connectivity index (χ1v) is 16.8. The second-order valence-corrected chi connectivity index (χ2v) is 14.2. The van der Waals surface area contributed by atoms with Crippen molar-refractivity contribution in [3.8, 4) is 5.75 Å². The number of carbonyl (C=O) groups excluding carboxylic acids is 3. The summed E-state index contributed by atoms with van der Waals surface area (Å²) in [7, 11) is 7.88. The van der Waals surface area contributed by atoms with E-state index in [2.05, 4.69) is 46.3 Å². The molecule has 2 fully saturated rings. The third-order valence-corrected chi connectivity index (χ3v) is 9.65. The van der Waals surface area contributed by atoms with E-state index in [-0.39, 0.29) is 36.7 Å². The molecule has 2 aromatic rings. The van der Waals surface area contributed by atoms with Crippen LogP contribution in [-0.4, -0.2) is 122 Å².